The number of thioether (sulfide) groups is 1. The summed E-state index contributed by atoms with van der Waals surface area (Å²) in [6.45, 7) is 6.42. The molecular weight excluding hydrogens is 236 g/mol. The van der Waals surface area contributed by atoms with Crippen molar-refractivity contribution in [1.29, 1.82) is 0 Å². The van der Waals surface area contributed by atoms with Crippen LogP contribution >= 0.6 is 11.8 Å². The molecule has 94 valence electrons. The molecule has 5 nitrogen and oxygen atoms in total. The van der Waals surface area contributed by atoms with Gasteiger partial charge in [-0.05, 0) is 13.8 Å². The Kier molecular flexibility index (Phi) is 3.33. The van der Waals surface area contributed by atoms with Crippen LogP contribution in [-0.4, -0.2) is 40.7 Å². The summed E-state index contributed by atoms with van der Waals surface area (Å²) in [5.41, 5.74) is 5.68. The Morgan fingerprint density at radius 3 is 2.88 bits per heavy atom. The van der Waals surface area contributed by atoms with Crippen LogP contribution in [0.3, 0.4) is 0 Å². The van der Waals surface area contributed by atoms with Crippen LogP contribution in [0, 0.1) is 0 Å². The van der Waals surface area contributed by atoms with Crippen LogP contribution in [-0.2, 0) is 0 Å². The maximum Gasteiger partial charge on any atom is 0.225 e. The summed E-state index contributed by atoms with van der Waals surface area (Å²) in [4.78, 5) is 10.5. The number of anilines is 2. The molecule has 1 aliphatic rings. The smallest absolute Gasteiger partial charge is 0.225 e. The fourth-order valence-corrected chi connectivity index (χ4v) is 3.02. The topological polar surface area (TPSA) is 64.3 Å². The Morgan fingerprint density at radius 1 is 1.47 bits per heavy atom. The van der Waals surface area contributed by atoms with Crippen molar-refractivity contribution in [1.82, 2.24) is 9.97 Å². The first-order valence-electron chi connectivity index (χ1n) is 5.58. The maximum absolute atomic E-state index is 5.68. The minimum Gasteiger partial charge on any atom is -0.481 e. The first-order chi connectivity index (χ1) is 8.00. The molecule has 1 saturated heterocycles. The van der Waals surface area contributed by atoms with Crippen molar-refractivity contribution in [2.45, 2.75) is 18.6 Å². The van der Waals surface area contributed by atoms with Gasteiger partial charge in [-0.2, -0.15) is 21.7 Å². The number of ether oxygens (including phenoxy) is 1. The Balaban J connectivity index is 2.24. The number of aromatic nitrogens is 2. The molecule has 0 amide bonds. The van der Waals surface area contributed by atoms with Crippen molar-refractivity contribution < 1.29 is 4.74 Å². The molecule has 1 aromatic rings. The molecule has 2 N–H and O–H groups in total. The van der Waals surface area contributed by atoms with E-state index in [1.807, 2.05) is 17.8 Å². The van der Waals surface area contributed by atoms with E-state index in [4.69, 9.17) is 10.5 Å². The lowest BCUT2D eigenvalue weighted by Gasteiger charge is -2.38. The number of nitrogen functional groups attached to an aromatic ring is 1. The van der Waals surface area contributed by atoms with Crippen LogP contribution in [0.25, 0.3) is 0 Å². The van der Waals surface area contributed by atoms with Gasteiger partial charge in [0.05, 0.1) is 7.11 Å². The number of methoxy groups -OCH3 is 1. The van der Waals surface area contributed by atoms with Gasteiger partial charge in [0.2, 0.25) is 11.8 Å². The summed E-state index contributed by atoms with van der Waals surface area (Å²) in [5.74, 6) is 2.72. The predicted molar refractivity (Wildman–Crippen MR) is 71.7 cm³/mol. The average Bonchev–Trinajstić information content (AvgIpc) is 2.27. The molecule has 0 unspecified atom stereocenters. The van der Waals surface area contributed by atoms with E-state index in [0.29, 0.717) is 5.88 Å². The van der Waals surface area contributed by atoms with Crippen LogP contribution in [0.15, 0.2) is 6.07 Å². The molecule has 0 aliphatic carbocycles. The van der Waals surface area contributed by atoms with Crippen molar-refractivity contribution in [2.24, 2.45) is 0 Å². The fourth-order valence-electron chi connectivity index (χ4n) is 1.91. The van der Waals surface area contributed by atoms with E-state index in [1.54, 1.807) is 7.11 Å². The van der Waals surface area contributed by atoms with E-state index in [1.165, 1.54) is 0 Å². The van der Waals surface area contributed by atoms with E-state index >= 15 is 0 Å². The van der Waals surface area contributed by atoms with Crippen molar-refractivity contribution >= 4 is 23.5 Å². The van der Waals surface area contributed by atoms with E-state index in [0.717, 1.165) is 24.7 Å². The van der Waals surface area contributed by atoms with Crippen LogP contribution in [0.4, 0.5) is 11.8 Å². The second-order valence-electron chi connectivity index (χ2n) is 4.66. The molecule has 0 atom stereocenters. The van der Waals surface area contributed by atoms with E-state index in [-0.39, 0.29) is 10.7 Å². The molecule has 0 bridgehead atoms. The highest BCUT2D eigenvalue weighted by atomic mass is 32.2. The van der Waals surface area contributed by atoms with Crippen LogP contribution in [0.1, 0.15) is 13.8 Å². The Hall–Kier alpha value is -1.17. The van der Waals surface area contributed by atoms with Crippen molar-refractivity contribution in [3.8, 4) is 5.88 Å². The van der Waals surface area contributed by atoms with Crippen molar-refractivity contribution in [3.05, 3.63) is 6.07 Å². The zero-order chi connectivity index (χ0) is 12.5. The van der Waals surface area contributed by atoms with Gasteiger partial charge >= 0.3 is 0 Å². The molecule has 6 heteroatoms. The van der Waals surface area contributed by atoms with Gasteiger partial charge in [-0.3, -0.25) is 0 Å². The lowest BCUT2D eigenvalue weighted by Crippen LogP contribution is -2.43. The van der Waals surface area contributed by atoms with Crippen molar-refractivity contribution in [2.75, 3.05) is 36.6 Å². The van der Waals surface area contributed by atoms with Gasteiger partial charge in [0.15, 0.2) is 0 Å². The van der Waals surface area contributed by atoms with Gasteiger partial charge in [0.25, 0.3) is 0 Å². The monoisotopic (exact) mass is 254 g/mol. The lowest BCUT2D eigenvalue weighted by atomic mass is 10.2. The van der Waals surface area contributed by atoms with Gasteiger partial charge in [-0.1, -0.05) is 0 Å². The molecule has 0 spiro atoms. The first-order valence-corrected chi connectivity index (χ1v) is 6.56. The molecule has 0 saturated carbocycles. The highest BCUT2D eigenvalue weighted by Gasteiger charge is 2.28. The summed E-state index contributed by atoms with van der Waals surface area (Å²) in [6, 6.07) is 1.84. The third-order valence-electron chi connectivity index (χ3n) is 2.67. The number of hydrogen-bond acceptors (Lipinski definition) is 6. The molecule has 0 aromatic carbocycles. The van der Waals surface area contributed by atoms with E-state index in [2.05, 4.69) is 28.7 Å². The minimum atomic E-state index is 0.241. The van der Waals surface area contributed by atoms with Gasteiger partial charge < -0.3 is 15.4 Å². The average molecular weight is 254 g/mol. The molecule has 1 aromatic heterocycles. The van der Waals surface area contributed by atoms with Gasteiger partial charge in [-0.15, -0.1) is 0 Å². The highest BCUT2D eigenvalue weighted by molar-refractivity contribution is 8.00. The lowest BCUT2D eigenvalue weighted by molar-refractivity contribution is 0.397. The highest BCUT2D eigenvalue weighted by Crippen LogP contribution is 2.32. The number of hydrogen-bond donors (Lipinski definition) is 1. The first kappa shape index (κ1) is 12.3. The number of nitrogens with two attached hydrogens (primary N) is 1. The zero-order valence-electron chi connectivity index (χ0n) is 10.4. The second-order valence-corrected chi connectivity index (χ2v) is 6.46. The van der Waals surface area contributed by atoms with Crippen molar-refractivity contribution in [3.63, 3.8) is 0 Å². The Bertz CT molecular complexity index is 410. The maximum atomic E-state index is 5.68. The van der Waals surface area contributed by atoms with Gasteiger partial charge in [0.1, 0.15) is 5.82 Å². The summed E-state index contributed by atoms with van der Waals surface area (Å²) < 4.78 is 5.36. The molecule has 0 radical (unpaired) electrons. The number of nitrogens with zero attached hydrogens (tertiary/aromatic N) is 3. The Labute approximate surface area is 106 Å². The second kappa shape index (κ2) is 4.60. The summed E-state index contributed by atoms with van der Waals surface area (Å²) in [7, 11) is 1.58. The minimum absolute atomic E-state index is 0.241. The molecule has 1 aliphatic heterocycles. The summed E-state index contributed by atoms with van der Waals surface area (Å²) in [5, 5.41) is 0. The normalized spacial score (nSPS) is 19.1. The number of rotatable bonds is 2. The Morgan fingerprint density at radius 2 is 2.24 bits per heavy atom. The zero-order valence-corrected chi connectivity index (χ0v) is 11.3. The van der Waals surface area contributed by atoms with Gasteiger partial charge in [-0.25, -0.2) is 0 Å². The quantitative estimate of drug-likeness (QED) is 0.860. The van der Waals surface area contributed by atoms with Crippen LogP contribution in [0.2, 0.25) is 0 Å². The fraction of sp³-hybridized carbons (Fsp3) is 0.636. The summed E-state index contributed by atoms with van der Waals surface area (Å²) >= 11 is 1.99. The largest absolute Gasteiger partial charge is 0.481 e. The molecule has 1 fully saturated rings. The third kappa shape index (κ3) is 2.94. The van der Waals surface area contributed by atoms with E-state index in [9.17, 15) is 0 Å². The SMILES string of the molecule is COc1cc(N2CCSC(C)(C)C2)nc(N)n1. The third-order valence-corrected chi connectivity index (χ3v) is 3.96. The molecule has 17 heavy (non-hydrogen) atoms. The standard InChI is InChI=1S/C11H18N4OS/c1-11(2)7-15(4-5-17-11)8-6-9(16-3)14-10(12)13-8/h6H,4-5,7H2,1-3H3,(H2,12,13,14). The van der Waals surface area contributed by atoms with E-state index < -0.39 is 0 Å². The summed E-state index contributed by atoms with van der Waals surface area (Å²) in [6.07, 6.45) is 0. The molecular formula is C11H18N4OS. The molecule has 2 heterocycles. The van der Waals surface area contributed by atoms with Crippen LogP contribution in [0.5, 0.6) is 5.88 Å². The van der Waals surface area contributed by atoms with Gasteiger partial charge in [0, 0.05) is 29.7 Å². The van der Waals surface area contributed by atoms with Crippen LogP contribution < -0.4 is 15.4 Å². The molecule has 2 rings (SSSR count). The predicted octanol–water partition coefficient (Wildman–Crippen LogP) is 1.40.